The molecule has 0 aromatic rings. The van der Waals surface area contributed by atoms with E-state index in [0.29, 0.717) is 5.41 Å². The minimum absolute atomic E-state index is 0.598. The zero-order valence-corrected chi connectivity index (χ0v) is 9.02. The topological polar surface area (TPSA) is 0 Å². The van der Waals surface area contributed by atoms with Gasteiger partial charge >= 0.3 is 0 Å². The van der Waals surface area contributed by atoms with Crippen LogP contribution in [0.1, 0.15) is 32.1 Å². The van der Waals surface area contributed by atoms with Gasteiger partial charge in [0, 0.05) is 0 Å². The Hall–Kier alpha value is 0.700. The van der Waals surface area contributed by atoms with Crippen LogP contribution < -0.4 is 0 Å². The molecule has 0 aliphatic heterocycles. The molecule has 0 unspecified atom stereocenters. The van der Waals surface area contributed by atoms with E-state index in [0.717, 1.165) is 5.75 Å². The number of hydrogen-bond donors (Lipinski definition) is 1. The highest BCUT2D eigenvalue weighted by Gasteiger charge is 2.29. The van der Waals surface area contributed by atoms with Gasteiger partial charge in [-0.3, -0.25) is 0 Å². The molecule has 0 heterocycles. The first-order valence-corrected chi connectivity index (χ1v) is 6.45. The molecule has 0 aromatic carbocycles. The van der Waals surface area contributed by atoms with E-state index in [-0.39, 0.29) is 0 Å². The molecular formula is C9H18S2. The summed E-state index contributed by atoms with van der Waals surface area (Å²) >= 11 is 6.45. The van der Waals surface area contributed by atoms with Crippen LogP contribution in [0.3, 0.4) is 0 Å². The molecule has 1 saturated carbocycles. The lowest BCUT2D eigenvalue weighted by Crippen LogP contribution is -2.28. The maximum absolute atomic E-state index is 4.47. The summed E-state index contributed by atoms with van der Waals surface area (Å²) < 4.78 is 0. The Bertz CT molecular complexity index is 101. The second-order valence-electron chi connectivity index (χ2n) is 3.65. The minimum atomic E-state index is 0.598. The predicted octanol–water partition coefficient (Wildman–Crippen LogP) is 3.23. The van der Waals surface area contributed by atoms with E-state index in [1.165, 1.54) is 37.9 Å². The summed E-state index contributed by atoms with van der Waals surface area (Å²) in [7, 11) is 0. The lowest BCUT2D eigenvalue weighted by molar-refractivity contribution is 0.259. The molecule has 0 nitrogen and oxygen atoms in total. The largest absolute Gasteiger partial charge is 0.179 e. The molecule has 0 spiro atoms. The van der Waals surface area contributed by atoms with E-state index in [4.69, 9.17) is 0 Å². The van der Waals surface area contributed by atoms with Crippen LogP contribution >= 0.6 is 24.4 Å². The molecule has 0 aromatic heterocycles. The summed E-state index contributed by atoms with van der Waals surface area (Å²) in [5.74, 6) is 2.41. The Kier molecular flexibility index (Phi) is 4.14. The van der Waals surface area contributed by atoms with Crippen LogP contribution in [0.5, 0.6) is 0 Å². The maximum Gasteiger partial charge on any atom is -0.000577 e. The zero-order chi connectivity index (χ0) is 8.16. The Morgan fingerprint density at radius 3 is 2.36 bits per heavy atom. The lowest BCUT2D eigenvalue weighted by Gasteiger charge is -2.35. The van der Waals surface area contributed by atoms with E-state index < -0.39 is 0 Å². The van der Waals surface area contributed by atoms with Gasteiger partial charge in [0.1, 0.15) is 0 Å². The van der Waals surface area contributed by atoms with Crippen molar-refractivity contribution in [3.8, 4) is 0 Å². The molecule has 66 valence electrons. The van der Waals surface area contributed by atoms with Crippen molar-refractivity contribution in [2.24, 2.45) is 5.41 Å². The predicted molar refractivity (Wildman–Crippen MR) is 57.8 cm³/mol. The van der Waals surface area contributed by atoms with Crippen LogP contribution in [-0.4, -0.2) is 17.8 Å². The van der Waals surface area contributed by atoms with Gasteiger partial charge in [0.05, 0.1) is 0 Å². The van der Waals surface area contributed by atoms with Crippen molar-refractivity contribution in [1.29, 1.82) is 0 Å². The molecule has 0 amide bonds. The second kappa shape index (κ2) is 4.66. The van der Waals surface area contributed by atoms with E-state index in [9.17, 15) is 0 Å². The van der Waals surface area contributed by atoms with Gasteiger partial charge in [-0.05, 0) is 36.0 Å². The fourth-order valence-corrected chi connectivity index (χ4v) is 3.54. The van der Waals surface area contributed by atoms with Crippen LogP contribution in [0, 0.1) is 5.41 Å². The average Bonchev–Trinajstić information content (AvgIpc) is 2.07. The van der Waals surface area contributed by atoms with Crippen molar-refractivity contribution < 1.29 is 0 Å². The Morgan fingerprint density at radius 1 is 1.27 bits per heavy atom. The smallest absolute Gasteiger partial charge is 0.000577 e. The third-order valence-electron chi connectivity index (χ3n) is 2.70. The van der Waals surface area contributed by atoms with E-state index in [2.05, 4.69) is 18.9 Å². The minimum Gasteiger partial charge on any atom is -0.179 e. The molecule has 1 rings (SSSR count). The summed E-state index contributed by atoms with van der Waals surface area (Å²) in [5, 5.41) is 0. The molecule has 0 radical (unpaired) electrons. The highest BCUT2D eigenvalue weighted by molar-refractivity contribution is 7.98. The zero-order valence-electron chi connectivity index (χ0n) is 7.31. The molecule has 0 saturated heterocycles. The fraction of sp³-hybridized carbons (Fsp3) is 1.00. The van der Waals surface area contributed by atoms with Crippen molar-refractivity contribution in [1.82, 2.24) is 0 Å². The van der Waals surface area contributed by atoms with Gasteiger partial charge in [-0.15, -0.1) is 0 Å². The molecule has 0 bridgehead atoms. The first kappa shape index (κ1) is 9.79. The van der Waals surface area contributed by atoms with Crippen molar-refractivity contribution in [2.75, 3.05) is 17.8 Å². The van der Waals surface area contributed by atoms with E-state index in [1.54, 1.807) is 0 Å². The van der Waals surface area contributed by atoms with Crippen LogP contribution in [0.4, 0.5) is 0 Å². The quantitative estimate of drug-likeness (QED) is 0.667. The third-order valence-corrected chi connectivity index (χ3v) is 4.27. The number of rotatable bonds is 3. The normalized spacial score (nSPS) is 23.5. The van der Waals surface area contributed by atoms with Crippen LogP contribution in [-0.2, 0) is 0 Å². The Labute approximate surface area is 79.9 Å². The average molecular weight is 190 g/mol. The highest BCUT2D eigenvalue weighted by atomic mass is 32.2. The molecule has 0 atom stereocenters. The maximum atomic E-state index is 4.47. The molecule has 1 aliphatic carbocycles. The van der Waals surface area contributed by atoms with Gasteiger partial charge in [-0.25, -0.2) is 0 Å². The molecule has 1 aliphatic rings. The van der Waals surface area contributed by atoms with E-state index in [1.807, 2.05) is 11.8 Å². The van der Waals surface area contributed by atoms with Crippen LogP contribution in [0.2, 0.25) is 0 Å². The van der Waals surface area contributed by atoms with Gasteiger partial charge < -0.3 is 0 Å². The molecule has 11 heavy (non-hydrogen) atoms. The second-order valence-corrected chi connectivity index (χ2v) is 4.83. The summed E-state index contributed by atoms with van der Waals surface area (Å²) in [5.41, 5.74) is 0.598. The van der Waals surface area contributed by atoms with Crippen molar-refractivity contribution in [3.05, 3.63) is 0 Å². The number of thioether (sulfide) groups is 1. The first-order chi connectivity index (χ1) is 5.33. The Balaban J connectivity index is 2.42. The first-order valence-electron chi connectivity index (χ1n) is 4.43. The van der Waals surface area contributed by atoms with Crippen LogP contribution in [0.15, 0.2) is 0 Å². The monoisotopic (exact) mass is 190 g/mol. The van der Waals surface area contributed by atoms with Crippen molar-refractivity contribution in [2.45, 2.75) is 32.1 Å². The van der Waals surface area contributed by atoms with Crippen LogP contribution in [0.25, 0.3) is 0 Å². The Morgan fingerprint density at radius 2 is 1.91 bits per heavy atom. The number of hydrogen-bond acceptors (Lipinski definition) is 2. The van der Waals surface area contributed by atoms with Gasteiger partial charge in [0.25, 0.3) is 0 Å². The van der Waals surface area contributed by atoms with E-state index >= 15 is 0 Å². The van der Waals surface area contributed by atoms with Gasteiger partial charge in [0.2, 0.25) is 0 Å². The molecule has 2 heteroatoms. The van der Waals surface area contributed by atoms with Crippen molar-refractivity contribution >= 4 is 24.4 Å². The standard InChI is InChI=1S/C9H18S2/c1-11-8-9(7-10)5-3-2-4-6-9/h10H,2-8H2,1H3. The van der Waals surface area contributed by atoms with Gasteiger partial charge in [-0.2, -0.15) is 24.4 Å². The summed E-state index contributed by atoms with van der Waals surface area (Å²) in [4.78, 5) is 0. The third kappa shape index (κ3) is 2.59. The summed E-state index contributed by atoms with van der Waals surface area (Å²) in [6, 6.07) is 0. The van der Waals surface area contributed by atoms with Gasteiger partial charge in [-0.1, -0.05) is 19.3 Å². The molecule has 0 N–H and O–H groups in total. The lowest BCUT2D eigenvalue weighted by atomic mass is 9.77. The summed E-state index contributed by atoms with van der Waals surface area (Å²) in [6.07, 6.45) is 9.35. The van der Waals surface area contributed by atoms with Gasteiger partial charge in [0.15, 0.2) is 0 Å². The van der Waals surface area contributed by atoms with Crippen molar-refractivity contribution in [3.63, 3.8) is 0 Å². The molecule has 1 fully saturated rings. The fourth-order valence-electron chi connectivity index (χ4n) is 1.96. The SMILES string of the molecule is CSCC1(CS)CCCCC1. The molecular weight excluding hydrogens is 172 g/mol. The summed E-state index contributed by atoms with van der Waals surface area (Å²) in [6.45, 7) is 0. The highest BCUT2D eigenvalue weighted by Crippen LogP contribution is 2.39. The number of thiol groups is 1.